The van der Waals surface area contributed by atoms with E-state index in [2.05, 4.69) is 55.8 Å². The summed E-state index contributed by atoms with van der Waals surface area (Å²) in [6, 6.07) is 8.08. The van der Waals surface area contributed by atoms with E-state index in [0.717, 1.165) is 38.5 Å². The fraction of sp³-hybridized carbons (Fsp3) is 0.438. The topological polar surface area (TPSA) is 45.4 Å². The molecule has 2 aromatic heterocycles. The van der Waals surface area contributed by atoms with E-state index >= 15 is 0 Å². The quantitative estimate of drug-likeness (QED) is 0.420. The average molecular weight is 427 g/mol. The smallest absolute Gasteiger partial charge is 0.276 e. The second kappa shape index (κ2) is 8.28. The van der Waals surface area contributed by atoms with Crippen molar-refractivity contribution in [2.24, 2.45) is 7.05 Å². The van der Waals surface area contributed by atoms with Crippen LogP contribution in [-0.2, 0) is 7.05 Å². The molecule has 0 spiro atoms. The Balaban J connectivity index is 0.00000192. The molecule has 0 bridgehead atoms. The first kappa shape index (κ1) is 17.7. The van der Waals surface area contributed by atoms with Crippen LogP contribution in [0.25, 0.3) is 0 Å². The number of hydrogen-bond acceptors (Lipinski definition) is 5. The van der Waals surface area contributed by atoms with E-state index in [0.29, 0.717) is 5.88 Å². The molecule has 0 radical (unpaired) electrons. The van der Waals surface area contributed by atoms with Gasteiger partial charge in [-0.05, 0) is 6.07 Å². The Morgan fingerprint density at radius 3 is 2.65 bits per heavy atom. The maximum absolute atomic E-state index is 5.19. The minimum atomic E-state index is 0. The van der Waals surface area contributed by atoms with Gasteiger partial charge < -0.3 is 33.6 Å². The van der Waals surface area contributed by atoms with Gasteiger partial charge in [-0.15, -0.1) is 0 Å². The molecular formula is C16H22IN5O. The Morgan fingerprint density at radius 1 is 1.09 bits per heavy atom. The van der Waals surface area contributed by atoms with Crippen molar-refractivity contribution in [3.8, 4) is 5.88 Å². The van der Waals surface area contributed by atoms with Crippen LogP contribution in [0.4, 0.5) is 11.8 Å². The SMILES string of the molecule is COc1ccnc(N2CCCN(c3cccc[n+]3C)CC2)n1.[I-]. The number of halogens is 1. The number of hydrogen-bond donors (Lipinski definition) is 0. The van der Waals surface area contributed by atoms with Crippen LogP contribution >= 0.6 is 0 Å². The molecule has 1 fully saturated rings. The molecule has 1 aliphatic heterocycles. The number of rotatable bonds is 3. The highest BCUT2D eigenvalue weighted by atomic mass is 127. The molecule has 0 unspecified atom stereocenters. The van der Waals surface area contributed by atoms with Crippen molar-refractivity contribution in [2.75, 3.05) is 43.1 Å². The maximum atomic E-state index is 5.19. The molecule has 0 amide bonds. The third-order valence-corrected chi connectivity index (χ3v) is 3.96. The number of aryl methyl sites for hydroxylation is 1. The van der Waals surface area contributed by atoms with Gasteiger partial charge in [-0.3, -0.25) is 4.90 Å². The van der Waals surface area contributed by atoms with E-state index < -0.39 is 0 Å². The number of ether oxygens (including phenoxy) is 1. The molecule has 0 N–H and O–H groups in total. The van der Waals surface area contributed by atoms with Gasteiger partial charge in [-0.1, -0.05) is 6.07 Å². The fourth-order valence-electron chi connectivity index (χ4n) is 2.79. The first-order chi connectivity index (χ1) is 10.8. The summed E-state index contributed by atoms with van der Waals surface area (Å²) >= 11 is 0. The maximum Gasteiger partial charge on any atom is 0.276 e. The normalized spacial score (nSPS) is 14.9. The predicted molar refractivity (Wildman–Crippen MR) is 85.2 cm³/mol. The minimum absolute atomic E-state index is 0. The molecule has 3 heterocycles. The lowest BCUT2D eigenvalue weighted by atomic mass is 10.3. The summed E-state index contributed by atoms with van der Waals surface area (Å²) in [7, 11) is 3.72. The van der Waals surface area contributed by atoms with Crippen molar-refractivity contribution in [1.82, 2.24) is 9.97 Å². The van der Waals surface area contributed by atoms with Crippen LogP contribution < -0.4 is 43.1 Å². The summed E-state index contributed by atoms with van der Waals surface area (Å²) in [5.74, 6) is 2.61. The zero-order valence-corrected chi connectivity index (χ0v) is 15.7. The van der Waals surface area contributed by atoms with Crippen LogP contribution in [-0.4, -0.2) is 43.3 Å². The van der Waals surface area contributed by atoms with Gasteiger partial charge in [0.1, 0.15) is 6.54 Å². The lowest BCUT2D eigenvalue weighted by Gasteiger charge is -2.20. The number of anilines is 2. The molecule has 23 heavy (non-hydrogen) atoms. The second-order valence-electron chi connectivity index (χ2n) is 5.40. The molecule has 124 valence electrons. The molecule has 3 rings (SSSR count). The second-order valence-corrected chi connectivity index (χ2v) is 5.40. The fourth-order valence-corrected chi connectivity index (χ4v) is 2.79. The lowest BCUT2D eigenvalue weighted by Crippen LogP contribution is -3.00. The first-order valence-corrected chi connectivity index (χ1v) is 7.59. The number of aromatic nitrogens is 3. The van der Waals surface area contributed by atoms with Crippen LogP contribution in [0, 0.1) is 0 Å². The van der Waals surface area contributed by atoms with Crippen molar-refractivity contribution in [3.05, 3.63) is 36.7 Å². The largest absolute Gasteiger partial charge is 1.00 e. The van der Waals surface area contributed by atoms with Crippen molar-refractivity contribution in [2.45, 2.75) is 6.42 Å². The van der Waals surface area contributed by atoms with Gasteiger partial charge in [0, 0.05) is 31.3 Å². The van der Waals surface area contributed by atoms with Crippen LogP contribution in [0.2, 0.25) is 0 Å². The highest BCUT2D eigenvalue weighted by Gasteiger charge is 2.23. The molecule has 7 heteroatoms. The molecule has 0 aliphatic carbocycles. The van der Waals surface area contributed by atoms with E-state index in [-0.39, 0.29) is 24.0 Å². The van der Waals surface area contributed by atoms with Gasteiger partial charge >= 0.3 is 0 Å². The van der Waals surface area contributed by atoms with E-state index in [1.165, 1.54) is 5.82 Å². The summed E-state index contributed by atoms with van der Waals surface area (Å²) in [6.07, 6.45) is 4.92. The summed E-state index contributed by atoms with van der Waals surface area (Å²) < 4.78 is 7.36. The van der Waals surface area contributed by atoms with Gasteiger partial charge in [0.25, 0.3) is 5.82 Å². The number of nitrogens with zero attached hydrogens (tertiary/aromatic N) is 5. The third kappa shape index (κ3) is 4.21. The molecule has 1 aliphatic rings. The Morgan fingerprint density at radius 2 is 1.87 bits per heavy atom. The Bertz CT molecular complexity index is 639. The molecular weight excluding hydrogens is 405 g/mol. The minimum Gasteiger partial charge on any atom is -1.00 e. The third-order valence-electron chi connectivity index (χ3n) is 3.96. The molecule has 1 saturated heterocycles. The Labute approximate surface area is 154 Å². The van der Waals surface area contributed by atoms with Crippen molar-refractivity contribution < 1.29 is 33.3 Å². The van der Waals surface area contributed by atoms with E-state index in [4.69, 9.17) is 4.74 Å². The van der Waals surface area contributed by atoms with E-state index in [9.17, 15) is 0 Å². The average Bonchev–Trinajstić information content (AvgIpc) is 2.81. The summed E-state index contributed by atoms with van der Waals surface area (Å²) in [6.45, 7) is 3.86. The number of methoxy groups -OCH3 is 1. The van der Waals surface area contributed by atoms with Crippen LogP contribution in [0.1, 0.15) is 6.42 Å². The molecule has 6 nitrogen and oxygen atoms in total. The van der Waals surface area contributed by atoms with Gasteiger partial charge in [0.05, 0.1) is 33.4 Å². The Kier molecular flexibility index (Phi) is 6.37. The van der Waals surface area contributed by atoms with Gasteiger partial charge in [-0.2, -0.15) is 4.98 Å². The zero-order valence-electron chi connectivity index (χ0n) is 13.5. The predicted octanol–water partition coefficient (Wildman–Crippen LogP) is -1.97. The first-order valence-electron chi connectivity index (χ1n) is 7.59. The number of pyridine rings is 1. The van der Waals surface area contributed by atoms with Gasteiger partial charge in [0.15, 0.2) is 0 Å². The summed E-state index contributed by atoms with van der Waals surface area (Å²) in [5.41, 5.74) is 0. The molecule has 0 saturated carbocycles. The summed E-state index contributed by atoms with van der Waals surface area (Å²) in [5, 5.41) is 0. The van der Waals surface area contributed by atoms with Crippen LogP contribution in [0.15, 0.2) is 36.7 Å². The van der Waals surface area contributed by atoms with Crippen molar-refractivity contribution in [1.29, 1.82) is 0 Å². The van der Waals surface area contributed by atoms with Crippen LogP contribution in [0.5, 0.6) is 5.88 Å². The lowest BCUT2D eigenvalue weighted by molar-refractivity contribution is -0.658. The van der Waals surface area contributed by atoms with Crippen molar-refractivity contribution >= 4 is 11.8 Å². The monoisotopic (exact) mass is 427 g/mol. The van der Waals surface area contributed by atoms with Gasteiger partial charge in [-0.25, -0.2) is 9.55 Å². The van der Waals surface area contributed by atoms with E-state index in [1.54, 1.807) is 19.4 Å². The molecule has 0 aromatic carbocycles. The van der Waals surface area contributed by atoms with Crippen LogP contribution in [0.3, 0.4) is 0 Å². The molecule has 2 aromatic rings. The molecule has 0 atom stereocenters. The van der Waals surface area contributed by atoms with E-state index in [1.807, 2.05) is 0 Å². The highest BCUT2D eigenvalue weighted by molar-refractivity contribution is 5.37. The Hall–Kier alpha value is -1.64. The van der Waals surface area contributed by atoms with Crippen molar-refractivity contribution in [3.63, 3.8) is 0 Å². The zero-order chi connectivity index (χ0) is 15.4. The van der Waals surface area contributed by atoms with Gasteiger partial charge in [0.2, 0.25) is 11.8 Å². The standard InChI is InChI=1S/C16H22N5O.HI/c1-19-9-4-3-6-15(19)20-10-5-11-21(13-12-20)16-17-8-7-14(18-16)22-2;/h3-4,6-9H,5,10-13H2,1-2H3;1H/q+1;/p-1. The summed E-state index contributed by atoms with van der Waals surface area (Å²) in [4.78, 5) is 13.5. The highest BCUT2D eigenvalue weighted by Crippen LogP contribution is 2.16.